The molecule has 2 amide bonds. The normalized spacial score (nSPS) is 16.2. The second-order valence-electron chi connectivity index (χ2n) is 7.05. The Balaban J connectivity index is 1.55. The van der Waals surface area contributed by atoms with Crippen molar-refractivity contribution in [2.75, 3.05) is 20.2 Å². The van der Waals surface area contributed by atoms with Crippen molar-refractivity contribution in [1.82, 2.24) is 10.2 Å². The van der Waals surface area contributed by atoms with Gasteiger partial charge in [-0.25, -0.2) is 4.79 Å². The molecule has 0 radical (unpaired) electrons. The number of rotatable bonds is 7. The van der Waals surface area contributed by atoms with Crippen LogP contribution in [0.15, 0.2) is 48.5 Å². The van der Waals surface area contributed by atoms with Gasteiger partial charge in [-0.3, -0.25) is 4.79 Å². The Morgan fingerprint density at radius 3 is 2.66 bits per heavy atom. The highest BCUT2D eigenvalue weighted by Gasteiger charge is 2.28. The summed E-state index contributed by atoms with van der Waals surface area (Å²) in [5, 5.41) is 12.0. The van der Waals surface area contributed by atoms with Crippen LogP contribution in [0.3, 0.4) is 0 Å². The summed E-state index contributed by atoms with van der Waals surface area (Å²) in [6.07, 6.45) is 0.426. The van der Waals surface area contributed by atoms with Crippen LogP contribution in [0.5, 0.6) is 11.5 Å². The third kappa shape index (κ3) is 5.63. The van der Waals surface area contributed by atoms with Crippen molar-refractivity contribution in [3.63, 3.8) is 0 Å². The van der Waals surface area contributed by atoms with Crippen molar-refractivity contribution in [2.45, 2.75) is 26.0 Å². The highest BCUT2D eigenvalue weighted by atomic mass is 16.5. The number of amides is 2. The number of benzene rings is 2. The van der Waals surface area contributed by atoms with E-state index < -0.39 is 6.09 Å². The lowest BCUT2D eigenvalue weighted by atomic mass is 9.97. The molecule has 2 aromatic rings. The molecule has 0 aliphatic carbocycles. The van der Waals surface area contributed by atoms with Gasteiger partial charge in [0.2, 0.25) is 5.91 Å². The largest absolute Gasteiger partial charge is 0.493 e. The van der Waals surface area contributed by atoms with Crippen molar-refractivity contribution < 1.29 is 24.2 Å². The highest BCUT2D eigenvalue weighted by Crippen LogP contribution is 2.29. The molecule has 7 nitrogen and oxygen atoms in total. The van der Waals surface area contributed by atoms with Gasteiger partial charge in [-0.1, -0.05) is 36.4 Å². The Morgan fingerprint density at radius 1 is 1.14 bits per heavy atom. The average molecular weight is 398 g/mol. The van der Waals surface area contributed by atoms with Gasteiger partial charge in [0.1, 0.15) is 6.61 Å². The monoisotopic (exact) mass is 398 g/mol. The molecule has 2 N–H and O–H groups in total. The van der Waals surface area contributed by atoms with Gasteiger partial charge in [-0.05, 0) is 36.1 Å². The fourth-order valence-electron chi connectivity index (χ4n) is 3.37. The van der Waals surface area contributed by atoms with E-state index in [-0.39, 0.29) is 18.4 Å². The summed E-state index contributed by atoms with van der Waals surface area (Å²) >= 11 is 0. The lowest BCUT2D eigenvalue weighted by molar-refractivity contribution is -0.126. The van der Waals surface area contributed by atoms with Gasteiger partial charge in [0.15, 0.2) is 11.5 Å². The zero-order valence-electron chi connectivity index (χ0n) is 16.5. The number of likely N-dealkylation sites (tertiary alicyclic amines) is 1. The van der Waals surface area contributed by atoms with E-state index in [0.29, 0.717) is 44.0 Å². The Morgan fingerprint density at radius 2 is 1.93 bits per heavy atom. The molecule has 0 spiro atoms. The second-order valence-corrected chi connectivity index (χ2v) is 7.05. The van der Waals surface area contributed by atoms with E-state index in [4.69, 9.17) is 14.6 Å². The van der Waals surface area contributed by atoms with E-state index in [1.54, 1.807) is 7.11 Å². The fraction of sp³-hybridized carbons (Fsp3) is 0.364. The molecule has 1 aliphatic heterocycles. The van der Waals surface area contributed by atoms with E-state index in [0.717, 1.165) is 11.1 Å². The van der Waals surface area contributed by atoms with Gasteiger partial charge in [0.25, 0.3) is 0 Å². The Bertz CT molecular complexity index is 840. The third-order valence-corrected chi connectivity index (χ3v) is 4.99. The standard InChI is InChI=1S/C22H26N2O5/c1-28-20-12-17(9-10-19(20)29-15-16-6-3-2-4-7-16)13-23-21(25)18-8-5-11-24(14-18)22(26)27/h2-4,6-7,9-10,12,18H,5,8,11,13-15H2,1H3,(H,23,25)(H,26,27). The number of carboxylic acid groups (broad SMARTS) is 1. The van der Waals surface area contributed by atoms with Crippen LogP contribution in [0.2, 0.25) is 0 Å². The van der Waals surface area contributed by atoms with Crippen LogP contribution in [-0.4, -0.2) is 42.2 Å². The number of nitrogens with one attached hydrogen (secondary N) is 1. The zero-order valence-corrected chi connectivity index (χ0v) is 16.5. The van der Waals surface area contributed by atoms with E-state index in [1.807, 2.05) is 48.5 Å². The van der Waals surface area contributed by atoms with Gasteiger partial charge >= 0.3 is 6.09 Å². The number of hydrogen-bond donors (Lipinski definition) is 2. The van der Waals surface area contributed by atoms with Gasteiger partial charge in [0, 0.05) is 19.6 Å². The van der Waals surface area contributed by atoms with Crippen molar-refractivity contribution in [1.29, 1.82) is 0 Å². The number of methoxy groups -OCH3 is 1. The number of hydrogen-bond acceptors (Lipinski definition) is 4. The molecule has 154 valence electrons. The quantitative estimate of drug-likeness (QED) is 0.747. The van der Waals surface area contributed by atoms with E-state index in [2.05, 4.69) is 5.32 Å². The molecule has 29 heavy (non-hydrogen) atoms. The third-order valence-electron chi connectivity index (χ3n) is 4.99. The molecule has 7 heteroatoms. The summed E-state index contributed by atoms with van der Waals surface area (Å²) in [5.74, 6) is 0.799. The molecule has 0 bridgehead atoms. The fourth-order valence-corrected chi connectivity index (χ4v) is 3.37. The first-order chi connectivity index (χ1) is 14.1. The smallest absolute Gasteiger partial charge is 0.407 e. The van der Waals surface area contributed by atoms with Crippen LogP contribution in [-0.2, 0) is 17.9 Å². The number of carbonyl (C=O) groups is 2. The number of carbonyl (C=O) groups excluding carboxylic acids is 1. The summed E-state index contributed by atoms with van der Waals surface area (Å²) in [4.78, 5) is 24.9. The van der Waals surface area contributed by atoms with Crippen molar-refractivity contribution in [3.8, 4) is 11.5 Å². The van der Waals surface area contributed by atoms with Crippen LogP contribution in [0, 0.1) is 5.92 Å². The lowest BCUT2D eigenvalue weighted by Crippen LogP contribution is -2.44. The van der Waals surface area contributed by atoms with Gasteiger partial charge < -0.3 is 24.8 Å². The van der Waals surface area contributed by atoms with Crippen LogP contribution in [0.25, 0.3) is 0 Å². The SMILES string of the molecule is COc1cc(CNC(=O)C2CCCN(C(=O)O)C2)ccc1OCc1ccccc1. The average Bonchev–Trinajstić information content (AvgIpc) is 2.77. The van der Waals surface area contributed by atoms with Crippen LogP contribution < -0.4 is 14.8 Å². The maximum atomic E-state index is 12.4. The van der Waals surface area contributed by atoms with Gasteiger partial charge in [0.05, 0.1) is 13.0 Å². The topological polar surface area (TPSA) is 88.1 Å². The van der Waals surface area contributed by atoms with E-state index in [1.165, 1.54) is 4.90 Å². The molecule has 2 aromatic carbocycles. The number of nitrogens with zero attached hydrogens (tertiary/aromatic N) is 1. The minimum absolute atomic E-state index is 0.126. The van der Waals surface area contributed by atoms with Crippen molar-refractivity contribution >= 4 is 12.0 Å². The predicted molar refractivity (Wildman–Crippen MR) is 108 cm³/mol. The number of ether oxygens (including phenoxy) is 2. The maximum Gasteiger partial charge on any atom is 0.407 e. The van der Waals surface area contributed by atoms with Crippen LogP contribution in [0.4, 0.5) is 4.79 Å². The zero-order chi connectivity index (χ0) is 20.6. The first-order valence-corrected chi connectivity index (χ1v) is 9.66. The predicted octanol–water partition coefficient (Wildman–Crippen LogP) is 3.28. The van der Waals surface area contributed by atoms with E-state index in [9.17, 15) is 9.59 Å². The summed E-state index contributed by atoms with van der Waals surface area (Å²) in [6, 6.07) is 15.4. The van der Waals surface area contributed by atoms with Crippen molar-refractivity contribution in [3.05, 3.63) is 59.7 Å². The molecular weight excluding hydrogens is 372 g/mol. The Hall–Kier alpha value is -3.22. The molecule has 1 saturated heterocycles. The molecule has 1 atom stereocenters. The minimum Gasteiger partial charge on any atom is -0.493 e. The summed E-state index contributed by atoms with van der Waals surface area (Å²) < 4.78 is 11.3. The molecule has 1 fully saturated rings. The molecule has 3 rings (SSSR count). The maximum absolute atomic E-state index is 12.4. The first kappa shape index (κ1) is 20.5. The summed E-state index contributed by atoms with van der Waals surface area (Å²) in [5.41, 5.74) is 1.95. The Labute approximate surface area is 170 Å². The molecule has 0 saturated carbocycles. The highest BCUT2D eigenvalue weighted by molar-refractivity contribution is 5.79. The minimum atomic E-state index is -0.974. The Kier molecular flexibility index (Phi) is 6.94. The molecule has 1 heterocycles. The second kappa shape index (κ2) is 9.82. The summed E-state index contributed by atoms with van der Waals surface area (Å²) in [7, 11) is 1.58. The van der Waals surface area contributed by atoms with Gasteiger partial charge in [-0.2, -0.15) is 0 Å². The molecular formula is C22H26N2O5. The first-order valence-electron chi connectivity index (χ1n) is 9.66. The van der Waals surface area contributed by atoms with E-state index >= 15 is 0 Å². The van der Waals surface area contributed by atoms with Crippen molar-refractivity contribution in [2.24, 2.45) is 5.92 Å². The van der Waals surface area contributed by atoms with Gasteiger partial charge in [-0.15, -0.1) is 0 Å². The van der Waals surface area contributed by atoms with Crippen LogP contribution >= 0.6 is 0 Å². The molecule has 0 aromatic heterocycles. The lowest BCUT2D eigenvalue weighted by Gasteiger charge is -2.29. The number of piperidine rings is 1. The van der Waals surface area contributed by atoms with Crippen LogP contribution in [0.1, 0.15) is 24.0 Å². The molecule has 1 unspecified atom stereocenters. The summed E-state index contributed by atoms with van der Waals surface area (Å²) in [6.45, 7) is 1.52. The molecule has 1 aliphatic rings.